The molecule has 0 aliphatic heterocycles. The Morgan fingerprint density at radius 1 is 1.31 bits per heavy atom. The van der Waals surface area contributed by atoms with Crippen LogP contribution in [0.1, 0.15) is 30.9 Å². The molecule has 0 saturated carbocycles. The predicted octanol–water partition coefficient (Wildman–Crippen LogP) is 2.13. The molecule has 1 nitrogen and oxygen atoms in total. The van der Waals surface area contributed by atoms with Crippen LogP contribution in [0.25, 0.3) is 0 Å². The number of aryl methyl sites for hydroxylation is 2. The topological polar surface area (TPSA) is 20.2 Å². The second-order valence-electron chi connectivity index (χ2n) is 3.24. The number of unbranched alkanes of at least 4 members (excludes halogenated alkanes) is 1. The van der Waals surface area contributed by atoms with Crippen molar-refractivity contribution in [2.24, 2.45) is 0 Å². The molecule has 0 aliphatic rings. The molecule has 0 heterocycles. The molecule has 0 aromatic heterocycles. The van der Waals surface area contributed by atoms with E-state index in [2.05, 4.69) is 19.9 Å². The predicted molar refractivity (Wildman–Crippen MR) is 60.0 cm³/mol. The van der Waals surface area contributed by atoms with E-state index >= 15 is 0 Å². The summed E-state index contributed by atoms with van der Waals surface area (Å²) in [6, 6.07) is 5.77. The molecule has 1 aromatic rings. The first-order valence-electron chi connectivity index (χ1n) is 4.52. The minimum absolute atomic E-state index is 0. The van der Waals surface area contributed by atoms with Crippen LogP contribution in [0.5, 0.6) is 5.75 Å². The van der Waals surface area contributed by atoms with Crippen molar-refractivity contribution in [3.63, 3.8) is 0 Å². The fraction of sp³-hybridized carbons (Fsp3) is 0.455. The molecule has 0 fully saturated rings. The third kappa shape index (κ3) is 4.35. The van der Waals surface area contributed by atoms with E-state index in [1.165, 1.54) is 12.0 Å². The number of hydrogen-bond acceptors (Lipinski definition) is 1. The van der Waals surface area contributed by atoms with E-state index in [4.69, 9.17) is 0 Å². The standard InChI is InChI=1S/C11H16O.Ca.2H/c1-3-4-5-10-8-9(2)6-7-11(10)12;;;/h6-8,12H,3-5H2,1-2H3;;;. The van der Waals surface area contributed by atoms with Crippen LogP contribution in [0.2, 0.25) is 0 Å². The van der Waals surface area contributed by atoms with Gasteiger partial charge in [-0.25, -0.2) is 0 Å². The first kappa shape index (κ1) is 13.3. The van der Waals surface area contributed by atoms with Crippen LogP contribution in [-0.4, -0.2) is 42.8 Å². The molecule has 0 spiro atoms. The molecule has 2 heteroatoms. The third-order valence-corrected chi connectivity index (χ3v) is 2.03. The molecular formula is C11H18CaO. The van der Waals surface area contributed by atoms with Crippen LogP contribution in [-0.2, 0) is 6.42 Å². The van der Waals surface area contributed by atoms with Crippen molar-refractivity contribution in [2.45, 2.75) is 33.1 Å². The van der Waals surface area contributed by atoms with Crippen molar-refractivity contribution in [3.05, 3.63) is 29.3 Å². The van der Waals surface area contributed by atoms with Crippen molar-refractivity contribution in [3.8, 4) is 5.75 Å². The quantitative estimate of drug-likeness (QED) is 0.751. The number of benzene rings is 1. The Morgan fingerprint density at radius 2 is 2.00 bits per heavy atom. The Balaban J connectivity index is 0.00000144. The van der Waals surface area contributed by atoms with Gasteiger partial charge in [-0.3, -0.25) is 0 Å². The van der Waals surface area contributed by atoms with Gasteiger partial charge in [0.1, 0.15) is 5.75 Å². The summed E-state index contributed by atoms with van der Waals surface area (Å²) >= 11 is 0. The first-order chi connectivity index (χ1) is 5.74. The van der Waals surface area contributed by atoms with Gasteiger partial charge in [0.05, 0.1) is 0 Å². The average Bonchev–Trinajstić information content (AvgIpc) is 2.07. The van der Waals surface area contributed by atoms with E-state index in [0.29, 0.717) is 5.75 Å². The molecule has 70 valence electrons. The zero-order valence-electron chi connectivity index (χ0n) is 7.80. The van der Waals surface area contributed by atoms with Crippen LogP contribution in [0.4, 0.5) is 0 Å². The van der Waals surface area contributed by atoms with Gasteiger partial charge < -0.3 is 5.11 Å². The molecule has 0 bridgehead atoms. The van der Waals surface area contributed by atoms with Crippen LogP contribution in [0.3, 0.4) is 0 Å². The van der Waals surface area contributed by atoms with Gasteiger partial charge in [-0.1, -0.05) is 31.0 Å². The molecule has 0 aliphatic carbocycles. The number of aromatic hydroxyl groups is 1. The Hall–Kier alpha value is 0.280. The monoisotopic (exact) mass is 206 g/mol. The van der Waals surface area contributed by atoms with Gasteiger partial charge in [0.25, 0.3) is 0 Å². The molecule has 1 N–H and O–H groups in total. The average molecular weight is 206 g/mol. The van der Waals surface area contributed by atoms with Crippen LogP contribution in [0.15, 0.2) is 18.2 Å². The zero-order chi connectivity index (χ0) is 8.97. The molecule has 0 atom stereocenters. The van der Waals surface area contributed by atoms with Crippen LogP contribution < -0.4 is 0 Å². The van der Waals surface area contributed by atoms with Crippen LogP contribution in [0, 0.1) is 6.92 Å². The van der Waals surface area contributed by atoms with E-state index in [1.54, 1.807) is 6.07 Å². The van der Waals surface area contributed by atoms with E-state index in [1.807, 2.05) is 6.07 Å². The van der Waals surface area contributed by atoms with E-state index in [-0.39, 0.29) is 37.7 Å². The van der Waals surface area contributed by atoms with Gasteiger partial charge in [0.2, 0.25) is 0 Å². The summed E-state index contributed by atoms with van der Waals surface area (Å²) < 4.78 is 0. The normalized spacial score (nSPS) is 9.38. The summed E-state index contributed by atoms with van der Waals surface area (Å²) in [6.45, 7) is 4.21. The Kier molecular flexibility index (Phi) is 6.84. The summed E-state index contributed by atoms with van der Waals surface area (Å²) in [5, 5.41) is 9.46. The molecule has 13 heavy (non-hydrogen) atoms. The zero-order valence-corrected chi connectivity index (χ0v) is 7.80. The van der Waals surface area contributed by atoms with Crippen molar-refractivity contribution >= 4 is 37.7 Å². The van der Waals surface area contributed by atoms with Gasteiger partial charge in [0.15, 0.2) is 0 Å². The van der Waals surface area contributed by atoms with Gasteiger partial charge >= 0.3 is 37.7 Å². The SMILES string of the molecule is CCCCc1cc(C)ccc1O.[CaH2]. The van der Waals surface area contributed by atoms with Crippen molar-refractivity contribution < 1.29 is 5.11 Å². The minimum atomic E-state index is 0. The Bertz CT molecular complexity index is 258. The molecular weight excluding hydrogens is 188 g/mol. The van der Waals surface area contributed by atoms with Gasteiger partial charge in [-0.05, 0) is 31.4 Å². The second-order valence-corrected chi connectivity index (χ2v) is 3.24. The molecule has 1 rings (SSSR count). The fourth-order valence-electron chi connectivity index (χ4n) is 1.28. The molecule has 0 amide bonds. The summed E-state index contributed by atoms with van der Waals surface area (Å²) in [5.41, 5.74) is 2.30. The Morgan fingerprint density at radius 3 is 2.62 bits per heavy atom. The van der Waals surface area contributed by atoms with Gasteiger partial charge in [0, 0.05) is 0 Å². The van der Waals surface area contributed by atoms with Gasteiger partial charge in [-0.2, -0.15) is 0 Å². The van der Waals surface area contributed by atoms with Gasteiger partial charge in [-0.15, -0.1) is 0 Å². The number of rotatable bonds is 3. The fourth-order valence-corrected chi connectivity index (χ4v) is 1.28. The third-order valence-electron chi connectivity index (χ3n) is 2.03. The van der Waals surface area contributed by atoms with Crippen molar-refractivity contribution in [1.29, 1.82) is 0 Å². The van der Waals surface area contributed by atoms with Crippen molar-refractivity contribution in [2.75, 3.05) is 0 Å². The maximum absolute atomic E-state index is 9.46. The first-order valence-corrected chi connectivity index (χ1v) is 4.52. The molecule has 0 unspecified atom stereocenters. The van der Waals surface area contributed by atoms with Crippen molar-refractivity contribution in [1.82, 2.24) is 0 Å². The number of hydrogen-bond donors (Lipinski definition) is 1. The summed E-state index contributed by atoms with van der Waals surface area (Å²) in [5.74, 6) is 0.439. The van der Waals surface area contributed by atoms with E-state index in [0.717, 1.165) is 18.4 Å². The Labute approximate surface area is 110 Å². The second kappa shape index (κ2) is 6.69. The van der Waals surface area contributed by atoms with Crippen LogP contribution >= 0.6 is 0 Å². The number of phenolic OH excluding ortho intramolecular Hbond substituents is 1. The number of phenols is 1. The summed E-state index contributed by atoms with van der Waals surface area (Å²) in [6.07, 6.45) is 3.31. The molecule has 0 radical (unpaired) electrons. The molecule has 1 aromatic carbocycles. The summed E-state index contributed by atoms with van der Waals surface area (Å²) in [7, 11) is 0. The molecule has 0 saturated heterocycles. The maximum atomic E-state index is 9.46. The summed E-state index contributed by atoms with van der Waals surface area (Å²) in [4.78, 5) is 0. The van der Waals surface area contributed by atoms with E-state index < -0.39 is 0 Å². The van der Waals surface area contributed by atoms with E-state index in [9.17, 15) is 5.11 Å².